The Kier molecular flexibility index (Phi) is 4.99. The fraction of sp³-hybridized carbons (Fsp3) is 0.238. The van der Waals surface area contributed by atoms with Gasteiger partial charge in [0.1, 0.15) is 6.61 Å². The second-order valence-electron chi connectivity index (χ2n) is 6.67. The van der Waals surface area contributed by atoms with Crippen LogP contribution in [0.1, 0.15) is 30.1 Å². The lowest BCUT2D eigenvalue weighted by Gasteiger charge is -2.24. The number of halogens is 1. The third-order valence-electron chi connectivity index (χ3n) is 4.86. The molecule has 0 aliphatic carbocycles. The number of carbonyl (C=O) groups excluding carboxylic acids is 1. The Morgan fingerprint density at radius 3 is 2.81 bits per heavy atom. The number of carbonyl (C=O) groups is 1. The fourth-order valence-electron chi connectivity index (χ4n) is 3.54. The van der Waals surface area contributed by atoms with Gasteiger partial charge in [-0.15, -0.1) is 0 Å². The summed E-state index contributed by atoms with van der Waals surface area (Å²) in [7, 11) is 0. The zero-order valence-corrected chi connectivity index (χ0v) is 16.2. The van der Waals surface area contributed by atoms with Gasteiger partial charge in [-0.25, -0.2) is 4.79 Å². The predicted octanol–water partition coefficient (Wildman–Crippen LogP) is 4.76. The number of fused-ring (bicyclic) bond motifs is 1. The number of aromatic nitrogens is 1. The molecular formula is C21H19BrN2O3. The topological polar surface area (TPSA) is 62.4 Å². The number of amides is 1. The van der Waals surface area contributed by atoms with Crippen LogP contribution >= 0.6 is 15.9 Å². The van der Waals surface area contributed by atoms with Gasteiger partial charge in [0, 0.05) is 28.2 Å². The summed E-state index contributed by atoms with van der Waals surface area (Å²) < 4.78 is 6.38. The number of hydrogen-bond acceptors (Lipinski definition) is 3. The van der Waals surface area contributed by atoms with Crippen molar-refractivity contribution in [1.29, 1.82) is 0 Å². The predicted molar refractivity (Wildman–Crippen MR) is 108 cm³/mol. The van der Waals surface area contributed by atoms with Crippen molar-refractivity contribution in [2.45, 2.75) is 25.5 Å². The van der Waals surface area contributed by atoms with E-state index in [1.54, 1.807) is 17.0 Å². The van der Waals surface area contributed by atoms with Crippen molar-refractivity contribution in [3.8, 4) is 0 Å². The SMILES string of the molecule is O=C(OCc1ccccc1)N1CCCC1c1cc(=O)c2ccc(Br)cc2[nH]1. The minimum absolute atomic E-state index is 0.0456. The van der Waals surface area contributed by atoms with E-state index >= 15 is 0 Å². The van der Waals surface area contributed by atoms with Gasteiger partial charge in [0.25, 0.3) is 0 Å². The molecule has 4 rings (SSSR count). The molecule has 0 spiro atoms. The lowest BCUT2D eigenvalue weighted by atomic mass is 10.1. The van der Waals surface area contributed by atoms with E-state index in [-0.39, 0.29) is 24.2 Å². The highest BCUT2D eigenvalue weighted by molar-refractivity contribution is 9.10. The highest BCUT2D eigenvalue weighted by Gasteiger charge is 2.32. The lowest BCUT2D eigenvalue weighted by molar-refractivity contribution is 0.0915. The third kappa shape index (κ3) is 3.76. The maximum Gasteiger partial charge on any atom is 0.410 e. The van der Waals surface area contributed by atoms with Crippen molar-refractivity contribution in [2.24, 2.45) is 0 Å². The Bertz CT molecular complexity index is 1030. The van der Waals surface area contributed by atoms with Gasteiger partial charge in [0.2, 0.25) is 0 Å². The Labute approximate surface area is 165 Å². The number of nitrogens with one attached hydrogen (secondary N) is 1. The summed E-state index contributed by atoms with van der Waals surface area (Å²) in [5.41, 5.74) is 2.41. The molecule has 1 atom stereocenters. The summed E-state index contributed by atoms with van der Waals surface area (Å²) in [6, 6.07) is 16.6. The van der Waals surface area contributed by atoms with E-state index in [1.165, 1.54) is 0 Å². The van der Waals surface area contributed by atoms with Crippen molar-refractivity contribution >= 4 is 32.9 Å². The van der Waals surface area contributed by atoms with Crippen LogP contribution in [-0.2, 0) is 11.3 Å². The van der Waals surface area contributed by atoms with E-state index in [0.717, 1.165) is 34.1 Å². The molecule has 1 N–H and O–H groups in total. The van der Waals surface area contributed by atoms with Crippen molar-refractivity contribution in [3.05, 3.63) is 80.6 Å². The van der Waals surface area contributed by atoms with Gasteiger partial charge >= 0.3 is 6.09 Å². The molecule has 0 radical (unpaired) electrons. The van der Waals surface area contributed by atoms with E-state index in [4.69, 9.17) is 4.74 Å². The number of nitrogens with zero attached hydrogens (tertiary/aromatic N) is 1. The van der Waals surface area contributed by atoms with Crippen molar-refractivity contribution in [1.82, 2.24) is 9.88 Å². The van der Waals surface area contributed by atoms with E-state index in [9.17, 15) is 9.59 Å². The first-order valence-electron chi connectivity index (χ1n) is 8.91. The molecule has 5 nitrogen and oxygen atoms in total. The molecule has 6 heteroatoms. The van der Waals surface area contributed by atoms with Gasteiger partial charge < -0.3 is 9.72 Å². The molecule has 1 fully saturated rings. The zero-order valence-electron chi connectivity index (χ0n) is 14.7. The minimum atomic E-state index is -0.350. The average Bonchev–Trinajstić information content (AvgIpc) is 3.16. The zero-order chi connectivity index (χ0) is 18.8. The number of benzene rings is 2. The lowest BCUT2D eigenvalue weighted by Crippen LogP contribution is -2.32. The Morgan fingerprint density at radius 2 is 2.00 bits per heavy atom. The summed E-state index contributed by atoms with van der Waals surface area (Å²) in [6.07, 6.45) is 1.33. The number of likely N-dealkylation sites (tertiary alicyclic amines) is 1. The second-order valence-corrected chi connectivity index (χ2v) is 7.59. The Hall–Kier alpha value is -2.60. The molecule has 27 heavy (non-hydrogen) atoms. The number of rotatable bonds is 3. The monoisotopic (exact) mass is 426 g/mol. The van der Waals surface area contributed by atoms with Crippen LogP contribution in [0.3, 0.4) is 0 Å². The van der Waals surface area contributed by atoms with Gasteiger partial charge in [-0.3, -0.25) is 9.69 Å². The molecule has 1 unspecified atom stereocenters. The highest BCUT2D eigenvalue weighted by Crippen LogP contribution is 2.32. The largest absolute Gasteiger partial charge is 0.445 e. The Morgan fingerprint density at radius 1 is 1.19 bits per heavy atom. The van der Waals surface area contributed by atoms with E-state index in [1.807, 2.05) is 42.5 Å². The normalized spacial score (nSPS) is 16.6. The van der Waals surface area contributed by atoms with Gasteiger partial charge in [-0.05, 0) is 36.6 Å². The first-order chi connectivity index (χ1) is 13.1. The van der Waals surface area contributed by atoms with Crippen LogP contribution in [0.2, 0.25) is 0 Å². The fourth-order valence-corrected chi connectivity index (χ4v) is 3.90. The minimum Gasteiger partial charge on any atom is -0.445 e. The van der Waals surface area contributed by atoms with E-state index in [0.29, 0.717) is 11.9 Å². The van der Waals surface area contributed by atoms with Crippen LogP contribution in [0.15, 0.2) is 63.9 Å². The van der Waals surface area contributed by atoms with E-state index in [2.05, 4.69) is 20.9 Å². The average molecular weight is 427 g/mol. The Balaban J connectivity index is 1.56. The molecule has 1 amide bonds. The molecule has 1 aliphatic heterocycles. The molecule has 1 aliphatic rings. The summed E-state index contributed by atoms with van der Waals surface area (Å²) >= 11 is 3.44. The van der Waals surface area contributed by atoms with Crippen LogP contribution in [0.5, 0.6) is 0 Å². The second kappa shape index (κ2) is 7.56. The summed E-state index contributed by atoms with van der Waals surface area (Å²) in [5, 5.41) is 0.637. The third-order valence-corrected chi connectivity index (χ3v) is 5.36. The molecule has 138 valence electrons. The van der Waals surface area contributed by atoms with E-state index < -0.39 is 0 Å². The molecule has 1 aromatic heterocycles. The number of aromatic amines is 1. The van der Waals surface area contributed by atoms with Crippen LogP contribution in [0.25, 0.3) is 10.9 Å². The van der Waals surface area contributed by atoms with Gasteiger partial charge in [-0.1, -0.05) is 46.3 Å². The first-order valence-corrected chi connectivity index (χ1v) is 9.71. The van der Waals surface area contributed by atoms with Crippen molar-refractivity contribution < 1.29 is 9.53 Å². The molecule has 0 saturated carbocycles. The number of H-pyrrole nitrogens is 1. The van der Waals surface area contributed by atoms with Crippen LogP contribution in [0, 0.1) is 0 Å². The molecule has 2 aromatic carbocycles. The quantitative estimate of drug-likeness (QED) is 0.656. The number of ether oxygens (including phenoxy) is 1. The number of pyridine rings is 1. The summed E-state index contributed by atoms with van der Waals surface area (Å²) in [6.45, 7) is 0.862. The first kappa shape index (κ1) is 17.8. The van der Waals surface area contributed by atoms with Crippen LogP contribution < -0.4 is 5.43 Å². The molecule has 3 aromatic rings. The maximum absolute atomic E-state index is 12.6. The maximum atomic E-state index is 12.6. The van der Waals surface area contributed by atoms with Gasteiger partial charge in [0.05, 0.1) is 11.6 Å². The molecular weight excluding hydrogens is 408 g/mol. The molecule has 0 bridgehead atoms. The standard InChI is InChI=1S/C21H19BrN2O3/c22-15-8-9-16-17(11-15)23-18(12-20(16)25)19-7-4-10-24(19)21(26)27-13-14-5-2-1-3-6-14/h1-3,5-6,8-9,11-12,19H,4,7,10,13H2,(H,23,25). The number of hydrogen-bond donors (Lipinski definition) is 1. The smallest absolute Gasteiger partial charge is 0.410 e. The molecule has 1 saturated heterocycles. The van der Waals surface area contributed by atoms with Gasteiger partial charge in [0.15, 0.2) is 5.43 Å². The van der Waals surface area contributed by atoms with Crippen molar-refractivity contribution in [3.63, 3.8) is 0 Å². The van der Waals surface area contributed by atoms with Crippen molar-refractivity contribution in [2.75, 3.05) is 6.54 Å². The summed E-state index contributed by atoms with van der Waals surface area (Å²) in [4.78, 5) is 30.1. The molecule has 2 heterocycles. The van der Waals surface area contributed by atoms with Crippen LogP contribution in [-0.4, -0.2) is 22.5 Å². The van der Waals surface area contributed by atoms with Crippen LogP contribution in [0.4, 0.5) is 4.79 Å². The van der Waals surface area contributed by atoms with Gasteiger partial charge in [-0.2, -0.15) is 0 Å². The highest BCUT2D eigenvalue weighted by atomic mass is 79.9. The summed E-state index contributed by atoms with van der Waals surface area (Å²) in [5.74, 6) is 0.